The van der Waals surface area contributed by atoms with Crippen molar-refractivity contribution < 1.29 is 4.42 Å². The minimum atomic E-state index is 0.602. The van der Waals surface area contributed by atoms with Crippen molar-refractivity contribution in [2.24, 2.45) is 5.92 Å². The third kappa shape index (κ3) is 2.66. The highest BCUT2D eigenvalue weighted by Crippen LogP contribution is 2.16. The van der Waals surface area contributed by atoms with E-state index in [2.05, 4.69) is 37.1 Å². The Morgan fingerprint density at radius 3 is 3.00 bits per heavy atom. The lowest BCUT2D eigenvalue weighted by Gasteiger charge is -2.40. The van der Waals surface area contributed by atoms with Crippen molar-refractivity contribution in [2.45, 2.75) is 39.4 Å². The molecule has 0 bridgehead atoms. The Hall–Kier alpha value is -0.800. The number of hydrogen-bond donors (Lipinski definition) is 1. The van der Waals surface area contributed by atoms with E-state index in [1.165, 1.54) is 5.56 Å². The zero-order valence-corrected chi connectivity index (χ0v) is 10.4. The number of nitrogens with zero attached hydrogens (tertiary/aromatic N) is 1. The Kier molecular flexibility index (Phi) is 3.66. The SMILES string of the molecule is CC(C)C1CN(Cc2ccoc2)C(C)CN1. The van der Waals surface area contributed by atoms with Gasteiger partial charge in [-0.25, -0.2) is 0 Å². The lowest BCUT2D eigenvalue weighted by atomic mass is 9.99. The summed E-state index contributed by atoms with van der Waals surface area (Å²) in [5.41, 5.74) is 1.27. The van der Waals surface area contributed by atoms with E-state index in [9.17, 15) is 0 Å². The fraction of sp³-hybridized carbons (Fsp3) is 0.692. The molecule has 1 N–H and O–H groups in total. The molecule has 90 valence electrons. The van der Waals surface area contributed by atoms with E-state index in [0.717, 1.165) is 19.6 Å². The van der Waals surface area contributed by atoms with Crippen LogP contribution in [0.2, 0.25) is 0 Å². The van der Waals surface area contributed by atoms with E-state index in [1.807, 2.05) is 6.26 Å². The summed E-state index contributed by atoms with van der Waals surface area (Å²) in [6.07, 6.45) is 3.60. The van der Waals surface area contributed by atoms with Gasteiger partial charge in [-0.1, -0.05) is 13.8 Å². The first-order chi connectivity index (χ1) is 7.66. The lowest BCUT2D eigenvalue weighted by Crippen LogP contribution is -2.56. The minimum absolute atomic E-state index is 0.602. The smallest absolute Gasteiger partial charge is 0.0947 e. The van der Waals surface area contributed by atoms with Crippen molar-refractivity contribution in [1.29, 1.82) is 0 Å². The zero-order valence-electron chi connectivity index (χ0n) is 10.4. The molecule has 2 atom stereocenters. The fourth-order valence-electron chi connectivity index (χ4n) is 2.23. The summed E-state index contributed by atoms with van der Waals surface area (Å²) in [6, 6.07) is 3.27. The Balaban J connectivity index is 1.96. The van der Waals surface area contributed by atoms with Crippen LogP contribution in [0.25, 0.3) is 0 Å². The summed E-state index contributed by atoms with van der Waals surface area (Å²) < 4.78 is 5.12. The maximum Gasteiger partial charge on any atom is 0.0947 e. The van der Waals surface area contributed by atoms with Crippen LogP contribution in [0.1, 0.15) is 26.3 Å². The highest BCUT2D eigenvalue weighted by molar-refractivity contribution is 5.06. The van der Waals surface area contributed by atoms with Gasteiger partial charge in [0.05, 0.1) is 12.5 Å². The molecular formula is C13H22N2O. The lowest BCUT2D eigenvalue weighted by molar-refractivity contribution is 0.116. The van der Waals surface area contributed by atoms with Gasteiger partial charge in [-0.3, -0.25) is 4.90 Å². The molecule has 0 amide bonds. The molecule has 3 heteroatoms. The molecular weight excluding hydrogens is 200 g/mol. The van der Waals surface area contributed by atoms with Gasteiger partial charge in [-0.15, -0.1) is 0 Å². The topological polar surface area (TPSA) is 28.4 Å². The maximum atomic E-state index is 5.12. The van der Waals surface area contributed by atoms with Gasteiger partial charge >= 0.3 is 0 Å². The standard InChI is InChI=1S/C13H22N2O/c1-10(2)13-8-15(11(3)6-14-13)7-12-4-5-16-9-12/h4-5,9-11,13-14H,6-8H2,1-3H3. The van der Waals surface area contributed by atoms with Gasteiger partial charge in [0.2, 0.25) is 0 Å². The van der Waals surface area contributed by atoms with Crippen molar-refractivity contribution in [1.82, 2.24) is 10.2 Å². The Morgan fingerprint density at radius 1 is 1.56 bits per heavy atom. The zero-order chi connectivity index (χ0) is 11.5. The molecule has 1 aromatic rings. The predicted octanol–water partition coefficient (Wildman–Crippen LogP) is 2.10. The van der Waals surface area contributed by atoms with Gasteiger partial charge in [0.1, 0.15) is 0 Å². The molecule has 16 heavy (non-hydrogen) atoms. The normalized spacial score (nSPS) is 27.5. The Bertz CT molecular complexity index is 308. The summed E-state index contributed by atoms with van der Waals surface area (Å²) in [5, 5.41) is 3.61. The quantitative estimate of drug-likeness (QED) is 0.849. The van der Waals surface area contributed by atoms with Crippen LogP contribution in [0.3, 0.4) is 0 Å². The highest BCUT2D eigenvalue weighted by Gasteiger charge is 2.26. The van der Waals surface area contributed by atoms with Gasteiger partial charge in [-0.05, 0) is 18.9 Å². The van der Waals surface area contributed by atoms with E-state index in [1.54, 1.807) is 6.26 Å². The number of piperazine rings is 1. The average molecular weight is 222 g/mol. The molecule has 0 aromatic carbocycles. The molecule has 1 fully saturated rings. The second-order valence-electron chi connectivity index (χ2n) is 5.17. The van der Waals surface area contributed by atoms with Gasteiger partial charge in [0, 0.05) is 37.3 Å². The van der Waals surface area contributed by atoms with Gasteiger partial charge in [-0.2, -0.15) is 0 Å². The molecule has 0 radical (unpaired) electrons. The first-order valence-electron chi connectivity index (χ1n) is 6.15. The number of rotatable bonds is 3. The number of furan rings is 1. The van der Waals surface area contributed by atoms with Gasteiger partial charge in [0.25, 0.3) is 0 Å². The van der Waals surface area contributed by atoms with E-state index < -0.39 is 0 Å². The molecule has 1 aromatic heterocycles. The summed E-state index contributed by atoms with van der Waals surface area (Å²) in [6.45, 7) is 10.1. The number of nitrogens with one attached hydrogen (secondary N) is 1. The third-order valence-corrected chi connectivity index (χ3v) is 3.50. The number of hydrogen-bond acceptors (Lipinski definition) is 3. The van der Waals surface area contributed by atoms with Crippen LogP contribution in [0.5, 0.6) is 0 Å². The second-order valence-corrected chi connectivity index (χ2v) is 5.17. The molecule has 2 heterocycles. The van der Waals surface area contributed by atoms with Crippen LogP contribution >= 0.6 is 0 Å². The van der Waals surface area contributed by atoms with E-state index in [0.29, 0.717) is 18.0 Å². The molecule has 3 nitrogen and oxygen atoms in total. The van der Waals surface area contributed by atoms with Crippen LogP contribution in [-0.4, -0.2) is 30.1 Å². The first-order valence-corrected chi connectivity index (χ1v) is 6.15. The van der Waals surface area contributed by atoms with Crippen molar-refractivity contribution >= 4 is 0 Å². The second kappa shape index (κ2) is 5.02. The monoisotopic (exact) mass is 222 g/mol. The molecule has 2 unspecified atom stereocenters. The molecule has 0 aliphatic carbocycles. The highest BCUT2D eigenvalue weighted by atomic mass is 16.3. The molecule has 1 aliphatic heterocycles. The van der Waals surface area contributed by atoms with Crippen LogP contribution in [-0.2, 0) is 6.54 Å². The van der Waals surface area contributed by atoms with E-state index in [-0.39, 0.29) is 0 Å². The summed E-state index contributed by atoms with van der Waals surface area (Å²) in [7, 11) is 0. The first kappa shape index (κ1) is 11.7. The van der Waals surface area contributed by atoms with Crippen LogP contribution in [0.15, 0.2) is 23.0 Å². The van der Waals surface area contributed by atoms with Crippen LogP contribution in [0.4, 0.5) is 0 Å². The van der Waals surface area contributed by atoms with Crippen LogP contribution < -0.4 is 5.32 Å². The molecule has 0 spiro atoms. The van der Waals surface area contributed by atoms with Crippen molar-refractivity contribution in [3.63, 3.8) is 0 Å². The molecule has 1 saturated heterocycles. The Morgan fingerprint density at radius 2 is 2.38 bits per heavy atom. The Labute approximate surface area is 97.8 Å². The minimum Gasteiger partial charge on any atom is -0.472 e. The van der Waals surface area contributed by atoms with Crippen molar-refractivity contribution in [3.05, 3.63) is 24.2 Å². The van der Waals surface area contributed by atoms with Crippen molar-refractivity contribution in [2.75, 3.05) is 13.1 Å². The van der Waals surface area contributed by atoms with Crippen LogP contribution in [0, 0.1) is 5.92 Å². The summed E-state index contributed by atoms with van der Waals surface area (Å²) in [4.78, 5) is 2.53. The summed E-state index contributed by atoms with van der Waals surface area (Å²) >= 11 is 0. The average Bonchev–Trinajstić information content (AvgIpc) is 2.73. The fourth-order valence-corrected chi connectivity index (χ4v) is 2.23. The van der Waals surface area contributed by atoms with Crippen molar-refractivity contribution in [3.8, 4) is 0 Å². The predicted molar refractivity (Wildman–Crippen MR) is 65.2 cm³/mol. The largest absolute Gasteiger partial charge is 0.472 e. The van der Waals surface area contributed by atoms with Gasteiger partial charge < -0.3 is 9.73 Å². The maximum absolute atomic E-state index is 5.12. The molecule has 1 aliphatic rings. The summed E-state index contributed by atoms with van der Waals surface area (Å²) in [5.74, 6) is 0.694. The molecule has 2 rings (SSSR count). The third-order valence-electron chi connectivity index (χ3n) is 3.50. The van der Waals surface area contributed by atoms with Gasteiger partial charge in [0.15, 0.2) is 0 Å². The van der Waals surface area contributed by atoms with E-state index in [4.69, 9.17) is 4.42 Å². The molecule has 0 saturated carbocycles. The van der Waals surface area contributed by atoms with E-state index >= 15 is 0 Å².